The summed E-state index contributed by atoms with van der Waals surface area (Å²) in [6, 6.07) is 13.5. The highest BCUT2D eigenvalue weighted by Gasteiger charge is 2.33. The van der Waals surface area contributed by atoms with Gasteiger partial charge in [0.15, 0.2) is 5.79 Å². The minimum atomic E-state index is -0.881. The number of nitrogens with one attached hydrogen (secondary N) is 1. The standard InChI is InChI=1S/C22H21Cl2N3O3/c1-22(29-8-9-30-22)11-21(28)26-25-12-16-14-27(20-5-3-2-4-18(16)20)13-15-6-7-17(23)10-19(15)24/h2-7,10,12,14H,8-9,11,13H2,1H3,(H,26,28). The zero-order chi connectivity index (χ0) is 21.1. The lowest BCUT2D eigenvalue weighted by molar-refractivity contribution is -0.159. The molecule has 0 saturated carbocycles. The Morgan fingerprint density at radius 3 is 2.77 bits per heavy atom. The maximum atomic E-state index is 12.2. The number of aromatic nitrogens is 1. The molecule has 0 radical (unpaired) electrons. The third-order valence-corrected chi connectivity index (χ3v) is 5.53. The van der Waals surface area contributed by atoms with E-state index < -0.39 is 5.79 Å². The number of carbonyl (C=O) groups excluding carboxylic acids is 1. The molecule has 0 bridgehead atoms. The van der Waals surface area contributed by atoms with E-state index in [0.29, 0.717) is 29.8 Å². The largest absolute Gasteiger partial charge is 0.347 e. The Hall–Kier alpha value is -2.38. The van der Waals surface area contributed by atoms with E-state index in [-0.39, 0.29) is 12.3 Å². The summed E-state index contributed by atoms with van der Waals surface area (Å²) in [4.78, 5) is 12.2. The summed E-state index contributed by atoms with van der Waals surface area (Å²) in [5, 5.41) is 6.37. The van der Waals surface area contributed by atoms with E-state index in [2.05, 4.69) is 15.1 Å². The minimum Gasteiger partial charge on any atom is -0.347 e. The zero-order valence-electron chi connectivity index (χ0n) is 16.4. The number of para-hydroxylation sites is 1. The highest BCUT2D eigenvalue weighted by molar-refractivity contribution is 6.35. The molecule has 0 unspecified atom stereocenters. The molecule has 30 heavy (non-hydrogen) atoms. The molecule has 6 nitrogen and oxygen atoms in total. The van der Waals surface area contributed by atoms with Crippen molar-refractivity contribution in [2.45, 2.75) is 25.7 Å². The fourth-order valence-corrected chi connectivity index (χ4v) is 3.97. The van der Waals surface area contributed by atoms with Crippen molar-refractivity contribution in [1.29, 1.82) is 0 Å². The first kappa shape index (κ1) is 20.9. The lowest BCUT2D eigenvalue weighted by atomic mass is 10.2. The Kier molecular flexibility index (Phi) is 6.11. The minimum absolute atomic E-state index is 0.0845. The van der Waals surface area contributed by atoms with Gasteiger partial charge in [0.25, 0.3) is 0 Å². The molecule has 2 heterocycles. The van der Waals surface area contributed by atoms with Gasteiger partial charge < -0.3 is 14.0 Å². The van der Waals surface area contributed by atoms with Crippen molar-refractivity contribution in [3.05, 3.63) is 69.8 Å². The summed E-state index contributed by atoms with van der Waals surface area (Å²) >= 11 is 12.3. The maximum Gasteiger partial charge on any atom is 0.245 e. The molecule has 8 heteroatoms. The van der Waals surface area contributed by atoms with Gasteiger partial charge in [-0.15, -0.1) is 0 Å². The van der Waals surface area contributed by atoms with E-state index in [4.69, 9.17) is 32.7 Å². The SMILES string of the molecule is CC1(CC(=O)NN=Cc2cn(Cc3ccc(Cl)cc3Cl)c3ccccc23)OCCO1. The predicted molar refractivity (Wildman–Crippen MR) is 118 cm³/mol. The van der Waals surface area contributed by atoms with E-state index in [0.717, 1.165) is 22.0 Å². The Morgan fingerprint density at radius 1 is 1.23 bits per heavy atom. The summed E-state index contributed by atoms with van der Waals surface area (Å²) in [7, 11) is 0. The second kappa shape index (κ2) is 8.78. The monoisotopic (exact) mass is 445 g/mol. The molecule has 1 amide bonds. The smallest absolute Gasteiger partial charge is 0.245 e. The van der Waals surface area contributed by atoms with Gasteiger partial charge in [-0.2, -0.15) is 5.10 Å². The number of carbonyl (C=O) groups is 1. The van der Waals surface area contributed by atoms with Gasteiger partial charge in [-0.3, -0.25) is 4.79 Å². The second-order valence-electron chi connectivity index (χ2n) is 7.27. The van der Waals surface area contributed by atoms with Crippen LogP contribution >= 0.6 is 23.2 Å². The summed E-state index contributed by atoms with van der Waals surface area (Å²) in [6.07, 6.45) is 3.70. The number of halogens is 2. The number of nitrogens with zero attached hydrogens (tertiary/aromatic N) is 2. The first-order valence-electron chi connectivity index (χ1n) is 9.55. The van der Waals surface area contributed by atoms with Crippen molar-refractivity contribution in [2.75, 3.05) is 13.2 Å². The van der Waals surface area contributed by atoms with E-state index in [1.165, 1.54) is 0 Å². The first-order valence-corrected chi connectivity index (χ1v) is 10.3. The number of fused-ring (bicyclic) bond motifs is 1. The average molecular weight is 446 g/mol. The number of hydrazone groups is 1. The molecule has 1 saturated heterocycles. The summed E-state index contributed by atoms with van der Waals surface area (Å²) < 4.78 is 13.0. The molecule has 1 aliphatic heterocycles. The van der Waals surface area contributed by atoms with Crippen molar-refractivity contribution in [1.82, 2.24) is 9.99 Å². The van der Waals surface area contributed by atoms with Crippen molar-refractivity contribution < 1.29 is 14.3 Å². The number of amides is 1. The molecule has 3 aromatic rings. The molecule has 2 aromatic carbocycles. The van der Waals surface area contributed by atoms with Crippen LogP contribution in [0.5, 0.6) is 0 Å². The molecule has 0 atom stereocenters. The van der Waals surface area contributed by atoms with E-state index in [1.54, 1.807) is 19.2 Å². The molecule has 1 N–H and O–H groups in total. The Morgan fingerprint density at radius 2 is 2.00 bits per heavy atom. The van der Waals surface area contributed by atoms with Crippen LogP contribution in [0, 0.1) is 0 Å². The van der Waals surface area contributed by atoms with Gasteiger partial charge in [0.1, 0.15) is 0 Å². The van der Waals surface area contributed by atoms with Crippen molar-refractivity contribution in [3.63, 3.8) is 0 Å². The van der Waals surface area contributed by atoms with Gasteiger partial charge in [0.05, 0.1) is 25.8 Å². The number of rotatable bonds is 6. The number of benzene rings is 2. The lowest BCUT2D eigenvalue weighted by Gasteiger charge is -2.20. The van der Waals surface area contributed by atoms with Crippen LogP contribution in [-0.2, 0) is 20.8 Å². The second-order valence-corrected chi connectivity index (χ2v) is 8.11. The lowest BCUT2D eigenvalue weighted by Crippen LogP contribution is -2.33. The summed E-state index contributed by atoms with van der Waals surface area (Å²) in [5.41, 5.74) is 5.43. The highest BCUT2D eigenvalue weighted by atomic mass is 35.5. The van der Waals surface area contributed by atoms with Crippen molar-refractivity contribution in [2.24, 2.45) is 5.10 Å². The molecule has 0 aliphatic carbocycles. The van der Waals surface area contributed by atoms with Crippen LogP contribution < -0.4 is 5.43 Å². The van der Waals surface area contributed by atoms with E-state index >= 15 is 0 Å². The van der Waals surface area contributed by atoms with Crippen LogP contribution in [0.4, 0.5) is 0 Å². The van der Waals surface area contributed by atoms with Crippen LogP contribution in [0.15, 0.2) is 53.8 Å². The van der Waals surface area contributed by atoms with Crippen LogP contribution in [-0.4, -0.2) is 35.7 Å². The molecule has 1 aliphatic rings. The number of hydrogen-bond donors (Lipinski definition) is 1. The van der Waals surface area contributed by atoms with Gasteiger partial charge in [-0.1, -0.05) is 47.5 Å². The van der Waals surface area contributed by atoms with Gasteiger partial charge in [0, 0.05) is 39.3 Å². The fraction of sp³-hybridized carbons (Fsp3) is 0.273. The summed E-state index contributed by atoms with van der Waals surface area (Å²) in [5.74, 6) is -1.15. The zero-order valence-corrected chi connectivity index (χ0v) is 17.9. The van der Waals surface area contributed by atoms with Gasteiger partial charge in [-0.25, -0.2) is 5.43 Å². The summed E-state index contributed by atoms with van der Waals surface area (Å²) in [6.45, 7) is 3.32. The quantitative estimate of drug-likeness (QED) is 0.445. The fourth-order valence-electron chi connectivity index (χ4n) is 3.51. The molecule has 0 spiro atoms. The maximum absolute atomic E-state index is 12.2. The third-order valence-electron chi connectivity index (χ3n) is 4.95. The molecule has 1 fully saturated rings. The van der Waals surface area contributed by atoms with Crippen molar-refractivity contribution >= 4 is 46.2 Å². The Bertz CT molecular complexity index is 1100. The van der Waals surface area contributed by atoms with Crippen LogP contribution in [0.25, 0.3) is 10.9 Å². The topological polar surface area (TPSA) is 64.9 Å². The average Bonchev–Trinajstić information content (AvgIpc) is 3.28. The van der Waals surface area contributed by atoms with E-state index in [1.807, 2.05) is 42.6 Å². The van der Waals surface area contributed by atoms with Crippen LogP contribution in [0.3, 0.4) is 0 Å². The van der Waals surface area contributed by atoms with E-state index in [9.17, 15) is 4.79 Å². The highest BCUT2D eigenvalue weighted by Crippen LogP contribution is 2.26. The Labute approximate surface area is 184 Å². The van der Waals surface area contributed by atoms with Gasteiger partial charge in [-0.05, 0) is 30.7 Å². The molecule has 156 valence electrons. The number of hydrogen-bond acceptors (Lipinski definition) is 4. The van der Waals surface area contributed by atoms with Gasteiger partial charge in [0.2, 0.25) is 5.91 Å². The predicted octanol–water partition coefficient (Wildman–Crippen LogP) is 4.60. The number of ether oxygens (including phenoxy) is 2. The molecule has 1 aromatic heterocycles. The van der Waals surface area contributed by atoms with Crippen LogP contribution in [0.2, 0.25) is 10.0 Å². The molecular formula is C22H21Cl2N3O3. The van der Waals surface area contributed by atoms with Gasteiger partial charge >= 0.3 is 0 Å². The van der Waals surface area contributed by atoms with Crippen LogP contribution in [0.1, 0.15) is 24.5 Å². The molecular weight excluding hydrogens is 425 g/mol. The Balaban J connectivity index is 1.51. The normalized spacial score (nSPS) is 15.8. The van der Waals surface area contributed by atoms with Crippen molar-refractivity contribution in [3.8, 4) is 0 Å². The first-order chi connectivity index (χ1) is 14.4. The third kappa shape index (κ3) is 4.68. The molecule has 4 rings (SSSR count).